The predicted octanol–water partition coefficient (Wildman–Crippen LogP) is 3.14. The van der Waals surface area contributed by atoms with E-state index in [1.54, 1.807) is 0 Å². The van der Waals surface area contributed by atoms with Crippen LogP contribution < -0.4 is 5.32 Å². The van der Waals surface area contributed by atoms with Crippen LogP contribution in [0.3, 0.4) is 0 Å². The number of nitriles is 1. The van der Waals surface area contributed by atoms with E-state index >= 15 is 0 Å². The van der Waals surface area contributed by atoms with Crippen LogP contribution in [-0.2, 0) is 0 Å². The first kappa shape index (κ1) is 13.3. The zero-order chi connectivity index (χ0) is 12.2. The first-order valence-electron chi connectivity index (χ1n) is 5.65. The van der Waals surface area contributed by atoms with Gasteiger partial charge in [0.2, 0.25) is 0 Å². The molecule has 0 heterocycles. The van der Waals surface area contributed by atoms with Gasteiger partial charge < -0.3 is 0 Å². The molecule has 2 nitrogen and oxygen atoms in total. The van der Waals surface area contributed by atoms with Crippen LogP contribution in [0.1, 0.15) is 45.4 Å². The van der Waals surface area contributed by atoms with Crippen molar-refractivity contribution in [1.82, 2.24) is 5.32 Å². The molecule has 1 fully saturated rings. The topological polar surface area (TPSA) is 35.8 Å². The molecule has 0 aromatic carbocycles. The molecular weight excluding hydrogens is 217 g/mol. The molecular formula is C11H17F3N2. The van der Waals surface area contributed by atoms with Gasteiger partial charge in [0.15, 0.2) is 5.54 Å². The molecule has 1 aliphatic carbocycles. The number of nitrogens with zero attached hydrogens (tertiary/aromatic N) is 1. The summed E-state index contributed by atoms with van der Waals surface area (Å²) >= 11 is 0. The summed E-state index contributed by atoms with van der Waals surface area (Å²) in [4.78, 5) is 0. The van der Waals surface area contributed by atoms with Crippen molar-refractivity contribution in [1.29, 1.82) is 5.26 Å². The number of alkyl halides is 3. The summed E-state index contributed by atoms with van der Waals surface area (Å²) < 4.78 is 38.0. The molecule has 0 aromatic heterocycles. The first-order valence-corrected chi connectivity index (χ1v) is 5.65. The van der Waals surface area contributed by atoms with Crippen molar-refractivity contribution in [3.8, 4) is 6.07 Å². The highest BCUT2D eigenvalue weighted by molar-refractivity contribution is 5.10. The van der Waals surface area contributed by atoms with E-state index in [0.29, 0.717) is 0 Å². The number of nitrogens with one attached hydrogen (secondary N) is 1. The average molecular weight is 234 g/mol. The zero-order valence-electron chi connectivity index (χ0n) is 9.40. The van der Waals surface area contributed by atoms with Crippen LogP contribution >= 0.6 is 0 Å². The first-order chi connectivity index (χ1) is 7.39. The SMILES string of the molecule is CC(C#N)(NC1CCCCCC1)C(F)(F)F. The van der Waals surface area contributed by atoms with Gasteiger partial charge in [-0.1, -0.05) is 25.7 Å². The average Bonchev–Trinajstić information content (AvgIpc) is 2.44. The van der Waals surface area contributed by atoms with Crippen molar-refractivity contribution >= 4 is 0 Å². The third-order valence-electron chi connectivity index (χ3n) is 3.14. The molecule has 0 radical (unpaired) electrons. The van der Waals surface area contributed by atoms with E-state index in [9.17, 15) is 13.2 Å². The van der Waals surface area contributed by atoms with Gasteiger partial charge >= 0.3 is 6.18 Å². The van der Waals surface area contributed by atoms with Gasteiger partial charge in [-0.3, -0.25) is 5.32 Å². The minimum atomic E-state index is -4.52. The fraction of sp³-hybridized carbons (Fsp3) is 0.909. The molecule has 0 amide bonds. The second kappa shape index (κ2) is 5.05. The summed E-state index contributed by atoms with van der Waals surface area (Å²) in [5, 5.41) is 11.2. The van der Waals surface area contributed by atoms with Crippen molar-refractivity contribution in [3.05, 3.63) is 0 Å². The number of rotatable bonds is 2. The summed E-state index contributed by atoms with van der Waals surface area (Å²) in [6.45, 7) is 0.915. The van der Waals surface area contributed by atoms with Gasteiger partial charge in [-0.05, 0) is 19.8 Å². The minimum Gasteiger partial charge on any atom is -0.289 e. The van der Waals surface area contributed by atoms with Gasteiger partial charge in [-0.2, -0.15) is 18.4 Å². The molecule has 0 saturated heterocycles. The quantitative estimate of drug-likeness (QED) is 0.745. The third-order valence-corrected chi connectivity index (χ3v) is 3.14. The Morgan fingerprint density at radius 2 is 1.62 bits per heavy atom. The lowest BCUT2D eigenvalue weighted by Crippen LogP contribution is -2.56. The van der Waals surface area contributed by atoms with Gasteiger partial charge in [0.05, 0.1) is 6.07 Å². The molecule has 1 aliphatic rings. The standard InChI is InChI=1S/C11H17F3N2/c1-10(8-15,11(12,13)14)16-9-6-4-2-3-5-7-9/h9,16H,2-7H2,1H3. The Morgan fingerprint density at radius 1 is 1.12 bits per heavy atom. The van der Waals surface area contributed by atoms with Crippen molar-refractivity contribution in [2.24, 2.45) is 0 Å². The summed E-state index contributed by atoms with van der Waals surface area (Å²) in [7, 11) is 0. The molecule has 1 N–H and O–H groups in total. The molecule has 16 heavy (non-hydrogen) atoms. The normalized spacial score (nSPS) is 23.2. The van der Waals surface area contributed by atoms with Crippen LogP contribution in [0.4, 0.5) is 13.2 Å². The molecule has 0 spiro atoms. The lowest BCUT2D eigenvalue weighted by molar-refractivity contribution is -0.176. The predicted molar refractivity (Wildman–Crippen MR) is 54.7 cm³/mol. The largest absolute Gasteiger partial charge is 0.419 e. The van der Waals surface area contributed by atoms with Crippen molar-refractivity contribution < 1.29 is 13.2 Å². The van der Waals surface area contributed by atoms with Crippen LogP contribution in [-0.4, -0.2) is 17.8 Å². The van der Waals surface area contributed by atoms with Crippen molar-refractivity contribution in [3.63, 3.8) is 0 Å². The van der Waals surface area contributed by atoms with Crippen molar-refractivity contribution in [2.45, 2.75) is 63.2 Å². The highest BCUT2D eigenvalue weighted by Crippen LogP contribution is 2.31. The molecule has 92 valence electrons. The molecule has 5 heteroatoms. The van der Waals surface area contributed by atoms with E-state index in [4.69, 9.17) is 5.26 Å². The Balaban J connectivity index is 2.66. The van der Waals surface area contributed by atoms with Crippen LogP contribution in [0.5, 0.6) is 0 Å². The fourth-order valence-electron chi connectivity index (χ4n) is 2.01. The summed E-state index contributed by atoms with van der Waals surface area (Å²) in [5.41, 5.74) is -2.41. The summed E-state index contributed by atoms with van der Waals surface area (Å²) in [5.74, 6) is 0. The van der Waals surface area contributed by atoms with E-state index in [1.807, 2.05) is 0 Å². The van der Waals surface area contributed by atoms with Crippen LogP contribution in [0.15, 0.2) is 0 Å². The van der Waals surface area contributed by atoms with Crippen molar-refractivity contribution in [2.75, 3.05) is 0 Å². The maximum Gasteiger partial charge on any atom is 0.419 e. The van der Waals surface area contributed by atoms with Gasteiger partial charge in [0.25, 0.3) is 0 Å². The number of hydrogen-bond acceptors (Lipinski definition) is 2. The Labute approximate surface area is 93.8 Å². The smallest absolute Gasteiger partial charge is 0.289 e. The zero-order valence-corrected chi connectivity index (χ0v) is 9.40. The van der Waals surface area contributed by atoms with Gasteiger partial charge in [-0.15, -0.1) is 0 Å². The second-order valence-corrected chi connectivity index (χ2v) is 4.57. The lowest BCUT2D eigenvalue weighted by Gasteiger charge is -2.30. The Bertz CT molecular complexity index is 261. The highest BCUT2D eigenvalue weighted by Gasteiger charge is 2.52. The Morgan fingerprint density at radius 3 is 2.00 bits per heavy atom. The molecule has 1 saturated carbocycles. The summed E-state index contributed by atoms with van der Waals surface area (Å²) in [6.07, 6.45) is 0.976. The van der Waals surface area contributed by atoms with Crippen LogP contribution in [0, 0.1) is 11.3 Å². The highest BCUT2D eigenvalue weighted by atomic mass is 19.4. The van der Waals surface area contributed by atoms with E-state index in [-0.39, 0.29) is 6.04 Å². The monoisotopic (exact) mass is 234 g/mol. The maximum atomic E-state index is 12.7. The maximum absolute atomic E-state index is 12.7. The van der Waals surface area contributed by atoms with Crippen LogP contribution in [0.2, 0.25) is 0 Å². The van der Waals surface area contributed by atoms with Gasteiger partial charge in [0.1, 0.15) is 0 Å². The molecule has 0 aliphatic heterocycles. The van der Waals surface area contributed by atoms with E-state index in [2.05, 4.69) is 5.32 Å². The molecule has 1 rings (SSSR count). The number of hydrogen-bond donors (Lipinski definition) is 1. The lowest BCUT2D eigenvalue weighted by atomic mass is 9.99. The molecule has 0 bridgehead atoms. The molecule has 1 unspecified atom stereocenters. The molecule has 0 aromatic rings. The van der Waals surface area contributed by atoms with E-state index < -0.39 is 11.7 Å². The second-order valence-electron chi connectivity index (χ2n) is 4.57. The van der Waals surface area contributed by atoms with E-state index in [0.717, 1.165) is 45.4 Å². The minimum absolute atomic E-state index is 0.186. The Kier molecular flexibility index (Phi) is 4.20. The number of halogens is 3. The summed E-state index contributed by atoms with van der Waals surface area (Å²) in [6, 6.07) is 1.16. The third kappa shape index (κ3) is 3.11. The van der Waals surface area contributed by atoms with Gasteiger partial charge in [-0.25, -0.2) is 0 Å². The van der Waals surface area contributed by atoms with E-state index in [1.165, 1.54) is 6.07 Å². The van der Waals surface area contributed by atoms with Gasteiger partial charge in [0, 0.05) is 6.04 Å². The van der Waals surface area contributed by atoms with Crippen LogP contribution in [0.25, 0.3) is 0 Å². The Hall–Kier alpha value is -0.760. The fourth-order valence-corrected chi connectivity index (χ4v) is 2.01. The molecule has 1 atom stereocenters.